The van der Waals surface area contributed by atoms with Crippen LogP contribution in [-0.4, -0.2) is 59.7 Å². The highest BCUT2D eigenvalue weighted by molar-refractivity contribution is 5.97. The van der Waals surface area contributed by atoms with Crippen LogP contribution in [0.2, 0.25) is 0 Å². The fourth-order valence-electron chi connectivity index (χ4n) is 4.52. The van der Waals surface area contributed by atoms with Gasteiger partial charge in [0.25, 0.3) is 5.91 Å². The van der Waals surface area contributed by atoms with Crippen LogP contribution >= 0.6 is 0 Å². The van der Waals surface area contributed by atoms with Crippen LogP contribution in [0, 0.1) is 12.3 Å². The van der Waals surface area contributed by atoms with Crippen LogP contribution in [0.1, 0.15) is 22.8 Å². The van der Waals surface area contributed by atoms with Gasteiger partial charge < -0.3 is 25.8 Å². The Labute approximate surface area is 227 Å². The number of amides is 1. The largest absolute Gasteiger partial charge is 0.438 e. The third kappa shape index (κ3) is 6.44. The Morgan fingerprint density at radius 2 is 1.95 bits per heavy atom. The molecule has 39 heavy (non-hydrogen) atoms. The summed E-state index contributed by atoms with van der Waals surface area (Å²) in [7, 11) is 0. The molecular formula is C30H30N6O3. The quantitative estimate of drug-likeness (QED) is 0.233. The third-order valence-corrected chi connectivity index (χ3v) is 6.39. The van der Waals surface area contributed by atoms with Crippen LogP contribution in [0.25, 0.3) is 10.8 Å². The fourth-order valence-corrected chi connectivity index (χ4v) is 4.52. The SMILES string of the molecule is C#Cc1cc(Nc2nccc(Oc3ccc(N)c4ccccc34)n2)cc(C(=O)NC(C)CN2CCOCC2)c1. The van der Waals surface area contributed by atoms with Crippen LogP contribution in [0.4, 0.5) is 17.3 Å². The van der Waals surface area contributed by atoms with Gasteiger partial charge in [-0.25, -0.2) is 4.98 Å². The van der Waals surface area contributed by atoms with E-state index in [4.69, 9.17) is 21.6 Å². The number of nitrogens with zero attached hydrogens (tertiary/aromatic N) is 3. The van der Waals surface area contributed by atoms with Gasteiger partial charge in [0.2, 0.25) is 11.8 Å². The summed E-state index contributed by atoms with van der Waals surface area (Å²) in [6.07, 6.45) is 7.28. The van der Waals surface area contributed by atoms with Gasteiger partial charge in [-0.05, 0) is 37.3 Å². The van der Waals surface area contributed by atoms with Gasteiger partial charge in [0.15, 0.2) is 0 Å². The smallest absolute Gasteiger partial charge is 0.251 e. The molecule has 1 amide bonds. The van der Waals surface area contributed by atoms with Crippen molar-refractivity contribution in [2.24, 2.45) is 0 Å². The number of nitrogen functional groups attached to an aromatic ring is 1. The second-order valence-electron chi connectivity index (χ2n) is 9.37. The molecule has 4 N–H and O–H groups in total. The molecule has 1 aliphatic heterocycles. The van der Waals surface area contributed by atoms with Gasteiger partial charge in [0.1, 0.15) is 5.75 Å². The Kier molecular flexibility index (Phi) is 7.87. The van der Waals surface area contributed by atoms with E-state index in [0.29, 0.717) is 53.3 Å². The zero-order chi connectivity index (χ0) is 27.2. The van der Waals surface area contributed by atoms with E-state index in [9.17, 15) is 4.79 Å². The molecule has 4 aromatic rings. The van der Waals surface area contributed by atoms with Gasteiger partial charge in [0.05, 0.1) is 13.2 Å². The number of carbonyl (C=O) groups is 1. The number of terminal acetylenes is 1. The molecule has 1 saturated heterocycles. The van der Waals surface area contributed by atoms with Crippen LogP contribution in [-0.2, 0) is 4.74 Å². The lowest BCUT2D eigenvalue weighted by Gasteiger charge is -2.29. The van der Waals surface area contributed by atoms with Crippen molar-refractivity contribution < 1.29 is 14.3 Å². The molecule has 5 rings (SSSR count). The first-order valence-corrected chi connectivity index (χ1v) is 12.8. The van der Waals surface area contributed by atoms with Gasteiger partial charge >= 0.3 is 0 Å². The molecular weight excluding hydrogens is 492 g/mol. The second-order valence-corrected chi connectivity index (χ2v) is 9.37. The predicted molar refractivity (Wildman–Crippen MR) is 152 cm³/mol. The number of nitrogens with one attached hydrogen (secondary N) is 2. The number of hydrogen-bond donors (Lipinski definition) is 3. The number of aromatic nitrogens is 2. The van der Waals surface area contributed by atoms with Crippen molar-refractivity contribution in [1.82, 2.24) is 20.2 Å². The lowest BCUT2D eigenvalue weighted by molar-refractivity contribution is 0.0342. The van der Waals surface area contributed by atoms with Crippen molar-refractivity contribution in [3.63, 3.8) is 0 Å². The molecule has 0 spiro atoms. The zero-order valence-corrected chi connectivity index (χ0v) is 21.7. The Morgan fingerprint density at radius 3 is 2.74 bits per heavy atom. The van der Waals surface area contributed by atoms with E-state index < -0.39 is 0 Å². The zero-order valence-electron chi connectivity index (χ0n) is 21.7. The summed E-state index contributed by atoms with van der Waals surface area (Å²) in [6, 6.07) is 18.2. The highest BCUT2D eigenvalue weighted by Gasteiger charge is 2.17. The molecule has 0 aliphatic carbocycles. The summed E-state index contributed by atoms with van der Waals surface area (Å²) >= 11 is 0. The minimum atomic E-state index is -0.204. The number of hydrogen-bond acceptors (Lipinski definition) is 8. The molecule has 1 aliphatic rings. The maximum absolute atomic E-state index is 13.0. The van der Waals surface area contributed by atoms with E-state index in [-0.39, 0.29) is 11.9 Å². The first-order valence-electron chi connectivity index (χ1n) is 12.8. The number of carbonyl (C=O) groups excluding carboxylic acids is 1. The molecule has 1 aromatic heterocycles. The lowest BCUT2D eigenvalue weighted by atomic mass is 10.1. The van der Waals surface area contributed by atoms with E-state index in [1.54, 1.807) is 36.5 Å². The topological polar surface area (TPSA) is 115 Å². The number of fused-ring (bicyclic) bond motifs is 1. The number of ether oxygens (including phenoxy) is 2. The van der Waals surface area contributed by atoms with Crippen LogP contribution < -0.4 is 21.1 Å². The number of anilines is 3. The van der Waals surface area contributed by atoms with Gasteiger partial charge in [-0.3, -0.25) is 9.69 Å². The molecule has 1 fully saturated rings. The molecule has 0 saturated carbocycles. The van der Waals surface area contributed by atoms with E-state index in [0.717, 1.165) is 30.4 Å². The average Bonchev–Trinajstić information content (AvgIpc) is 2.95. The molecule has 1 unspecified atom stereocenters. The molecule has 2 heterocycles. The molecule has 3 aromatic carbocycles. The van der Waals surface area contributed by atoms with Crippen molar-refractivity contribution in [2.75, 3.05) is 43.9 Å². The van der Waals surface area contributed by atoms with Crippen molar-refractivity contribution in [3.8, 4) is 24.0 Å². The summed E-state index contributed by atoms with van der Waals surface area (Å²) in [5.41, 5.74) is 8.38. The van der Waals surface area contributed by atoms with E-state index in [1.807, 2.05) is 37.3 Å². The van der Waals surface area contributed by atoms with Crippen molar-refractivity contribution in [2.45, 2.75) is 13.0 Å². The first kappa shape index (κ1) is 26.0. The molecule has 9 nitrogen and oxygen atoms in total. The summed E-state index contributed by atoms with van der Waals surface area (Å²) in [4.78, 5) is 24.1. The second kappa shape index (κ2) is 11.8. The van der Waals surface area contributed by atoms with Crippen LogP contribution in [0.5, 0.6) is 11.6 Å². The Hall–Kier alpha value is -4.65. The average molecular weight is 523 g/mol. The van der Waals surface area contributed by atoms with Crippen LogP contribution in [0.15, 0.2) is 66.9 Å². The molecule has 0 bridgehead atoms. The molecule has 198 valence electrons. The summed E-state index contributed by atoms with van der Waals surface area (Å²) in [5.74, 6) is 3.69. The third-order valence-electron chi connectivity index (χ3n) is 6.39. The first-order chi connectivity index (χ1) is 19.0. The van der Waals surface area contributed by atoms with Crippen molar-refractivity contribution in [1.29, 1.82) is 0 Å². The molecule has 0 radical (unpaired) electrons. The molecule has 9 heteroatoms. The Morgan fingerprint density at radius 1 is 1.15 bits per heavy atom. The predicted octanol–water partition coefficient (Wildman–Crippen LogP) is 4.18. The number of benzene rings is 3. The normalized spacial score (nSPS) is 14.4. The minimum absolute atomic E-state index is 0.0388. The highest BCUT2D eigenvalue weighted by atomic mass is 16.5. The number of nitrogens with two attached hydrogens (primary N) is 1. The van der Waals surface area contributed by atoms with Crippen molar-refractivity contribution in [3.05, 3.63) is 78.0 Å². The van der Waals surface area contributed by atoms with E-state index >= 15 is 0 Å². The van der Waals surface area contributed by atoms with E-state index in [2.05, 4.69) is 31.4 Å². The number of morpholine rings is 1. The van der Waals surface area contributed by atoms with Crippen LogP contribution in [0.3, 0.4) is 0 Å². The fraction of sp³-hybridized carbons (Fsp3) is 0.233. The van der Waals surface area contributed by atoms with Gasteiger partial charge in [0, 0.05) is 71.2 Å². The summed E-state index contributed by atoms with van der Waals surface area (Å²) in [6.45, 7) is 5.88. The van der Waals surface area contributed by atoms with Gasteiger partial charge in [-0.1, -0.05) is 30.2 Å². The van der Waals surface area contributed by atoms with Gasteiger partial charge in [-0.2, -0.15) is 4.98 Å². The number of rotatable bonds is 8. The Bertz CT molecular complexity index is 1530. The summed E-state index contributed by atoms with van der Waals surface area (Å²) in [5, 5.41) is 7.99. The maximum Gasteiger partial charge on any atom is 0.251 e. The highest BCUT2D eigenvalue weighted by Crippen LogP contribution is 2.32. The monoisotopic (exact) mass is 522 g/mol. The maximum atomic E-state index is 13.0. The molecule has 1 atom stereocenters. The minimum Gasteiger partial charge on any atom is -0.438 e. The standard InChI is InChI=1S/C30H30N6O3/c1-3-21-16-22(29(37)33-20(2)19-36-12-14-38-15-13-36)18-23(17-21)34-30-32-11-10-28(35-30)39-27-9-8-26(31)24-6-4-5-7-25(24)27/h1,4-11,16-18,20H,12-15,19,31H2,2H3,(H,33,37)(H,32,34,35). The Balaban J connectivity index is 1.30. The van der Waals surface area contributed by atoms with Gasteiger partial charge in [-0.15, -0.1) is 6.42 Å². The lowest BCUT2D eigenvalue weighted by Crippen LogP contribution is -2.46. The van der Waals surface area contributed by atoms with Crippen molar-refractivity contribution >= 4 is 34.0 Å². The summed E-state index contributed by atoms with van der Waals surface area (Å²) < 4.78 is 11.5. The van der Waals surface area contributed by atoms with E-state index in [1.165, 1.54) is 0 Å².